The topological polar surface area (TPSA) is 72.9 Å². The molecule has 1 aliphatic heterocycles. The summed E-state index contributed by atoms with van der Waals surface area (Å²) in [5, 5.41) is 0. The number of aryl methyl sites for hydroxylation is 1. The van der Waals surface area contributed by atoms with E-state index in [2.05, 4.69) is 24.3 Å². The molecule has 4 rings (SSSR count). The van der Waals surface area contributed by atoms with Crippen molar-refractivity contribution in [2.45, 2.75) is 64.5 Å². The van der Waals surface area contributed by atoms with Crippen LogP contribution in [0.15, 0.2) is 84.9 Å². The van der Waals surface area contributed by atoms with Gasteiger partial charge in [-0.1, -0.05) is 84.9 Å². The van der Waals surface area contributed by atoms with Gasteiger partial charge in [-0.25, -0.2) is 9.69 Å². The second-order valence-electron chi connectivity index (χ2n) is 11.0. The van der Waals surface area contributed by atoms with Gasteiger partial charge in [-0.05, 0) is 68.7 Å². The van der Waals surface area contributed by atoms with Crippen molar-refractivity contribution < 1.29 is 23.9 Å². The largest absolute Gasteiger partial charge is 0.460 e. The van der Waals surface area contributed by atoms with Crippen LogP contribution in [0.3, 0.4) is 0 Å². The summed E-state index contributed by atoms with van der Waals surface area (Å²) in [4.78, 5) is 40.1. The van der Waals surface area contributed by atoms with Crippen LogP contribution < -0.4 is 0 Å². The first-order valence-electron chi connectivity index (χ1n) is 13.6. The summed E-state index contributed by atoms with van der Waals surface area (Å²) in [6.45, 7) is 5.69. The molecule has 0 unspecified atom stereocenters. The number of amides is 2. The van der Waals surface area contributed by atoms with Gasteiger partial charge in [0.1, 0.15) is 12.2 Å². The van der Waals surface area contributed by atoms with Crippen molar-refractivity contribution in [1.82, 2.24) is 4.90 Å². The first-order valence-corrected chi connectivity index (χ1v) is 13.6. The van der Waals surface area contributed by atoms with Gasteiger partial charge in [0.05, 0.1) is 12.0 Å². The van der Waals surface area contributed by atoms with Crippen molar-refractivity contribution in [2.75, 3.05) is 6.61 Å². The predicted octanol–water partition coefficient (Wildman–Crippen LogP) is 6.61. The van der Waals surface area contributed by atoms with E-state index in [1.165, 1.54) is 4.90 Å². The molecule has 6 nitrogen and oxygen atoms in total. The van der Waals surface area contributed by atoms with E-state index < -0.39 is 17.6 Å². The average molecular weight is 528 g/mol. The first-order chi connectivity index (χ1) is 18.7. The number of imide groups is 1. The van der Waals surface area contributed by atoms with E-state index in [-0.39, 0.29) is 30.9 Å². The van der Waals surface area contributed by atoms with Crippen LogP contribution in [0.4, 0.5) is 4.79 Å². The molecule has 2 amide bonds. The number of hydrogen-bond acceptors (Lipinski definition) is 5. The quantitative estimate of drug-likeness (QED) is 0.277. The molecule has 2 atom stereocenters. The summed E-state index contributed by atoms with van der Waals surface area (Å²) in [5.41, 5.74) is 3.77. The van der Waals surface area contributed by atoms with Gasteiger partial charge in [0, 0.05) is 6.42 Å². The van der Waals surface area contributed by atoms with Crippen LogP contribution in [0.25, 0.3) is 11.1 Å². The van der Waals surface area contributed by atoms with Crippen LogP contribution in [0.1, 0.15) is 51.2 Å². The zero-order chi connectivity index (χ0) is 27.8. The van der Waals surface area contributed by atoms with Crippen LogP contribution >= 0.6 is 0 Å². The molecule has 39 heavy (non-hydrogen) atoms. The van der Waals surface area contributed by atoms with Gasteiger partial charge < -0.3 is 9.47 Å². The lowest BCUT2D eigenvalue weighted by atomic mass is 9.91. The SMILES string of the molecule is CC(C)(C)OC(=O)[C@H](CCC(=O)N1C(=O)OC[C@@H]1Cc1ccccc1)CCc1ccccc1-c1ccccc1. The molecular weight excluding hydrogens is 490 g/mol. The Bertz CT molecular complexity index is 1270. The molecule has 0 radical (unpaired) electrons. The highest BCUT2D eigenvalue weighted by atomic mass is 16.6. The van der Waals surface area contributed by atoms with Crippen molar-refractivity contribution in [3.05, 3.63) is 96.1 Å². The Kier molecular flexibility index (Phi) is 9.18. The van der Waals surface area contributed by atoms with E-state index in [0.29, 0.717) is 25.7 Å². The predicted molar refractivity (Wildman–Crippen MR) is 151 cm³/mol. The molecule has 6 heteroatoms. The molecule has 204 valence electrons. The Morgan fingerprint density at radius 3 is 2.26 bits per heavy atom. The molecule has 1 saturated heterocycles. The molecular formula is C33H37NO5. The Hall–Kier alpha value is -3.93. The van der Waals surface area contributed by atoms with Gasteiger partial charge in [-0.15, -0.1) is 0 Å². The molecule has 3 aromatic carbocycles. The molecule has 1 aliphatic rings. The van der Waals surface area contributed by atoms with Crippen molar-refractivity contribution in [3.8, 4) is 11.1 Å². The highest BCUT2D eigenvalue weighted by molar-refractivity contribution is 5.93. The Morgan fingerprint density at radius 2 is 1.56 bits per heavy atom. The number of carbonyl (C=O) groups excluding carboxylic acids is 3. The second-order valence-corrected chi connectivity index (χ2v) is 11.0. The van der Waals surface area contributed by atoms with Gasteiger partial charge in [0.25, 0.3) is 0 Å². The highest BCUT2D eigenvalue weighted by Gasteiger charge is 2.38. The van der Waals surface area contributed by atoms with Crippen molar-refractivity contribution in [3.63, 3.8) is 0 Å². The number of nitrogens with zero attached hydrogens (tertiary/aromatic N) is 1. The minimum atomic E-state index is -0.638. The summed E-state index contributed by atoms with van der Waals surface area (Å²) >= 11 is 0. The third kappa shape index (κ3) is 7.79. The molecule has 0 bridgehead atoms. The summed E-state index contributed by atoms with van der Waals surface area (Å²) in [5.74, 6) is -1.13. The monoisotopic (exact) mass is 527 g/mol. The van der Waals surface area contributed by atoms with Crippen LogP contribution in [-0.2, 0) is 31.9 Å². The number of carbonyl (C=O) groups is 3. The maximum atomic E-state index is 13.3. The van der Waals surface area contributed by atoms with E-state index in [1.54, 1.807) is 0 Å². The zero-order valence-corrected chi connectivity index (χ0v) is 23.0. The van der Waals surface area contributed by atoms with Crippen molar-refractivity contribution >= 4 is 18.0 Å². The van der Waals surface area contributed by atoms with Gasteiger partial charge >= 0.3 is 12.1 Å². The van der Waals surface area contributed by atoms with Gasteiger partial charge in [-0.2, -0.15) is 0 Å². The van der Waals surface area contributed by atoms with Crippen LogP contribution in [0.5, 0.6) is 0 Å². The highest BCUT2D eigenvalue weighted by Crippen LogP contribution is 2.28. The van der Waals surface area contributed by atoms with Crippen LogP contribution in [-0.4, -0.2) is 41.1 Å². The number of hydrogen-bond donors (Lipinski definition) is 0. The first kappa shape index (κ1) is 28.1. The maximum Gasteiger partial charge on any atom is 0.416 e. The summed E-state index contributed by atoms with van der Waals surface area (Å²) in [6, 6.07) is 27.7. The standard InChI is InChI=1S/C33H37NO5/c1-33(2,3)39-31(36)27(19-18-26-16-10-11-17-29(26)25-14-8-5-9-15-25)20-21-30(35)34-28(23-38-32(34)37)22-24-12-6-4-7-13-24/h4-17,27-28H,18-23H2,1-3H3/t27-,28-/m0/s1. The zero-order valence-electron chi connectivity index (χ0n) is 23.0. The number of rotatable bonds is 10. The summed E-state index contributed by atoms with van der Waals surface area (Å²) in [6.07, 6.45) is 1.46. The number of ether oxygens (including phenoxy) is 2. The molecule has 0 N–H and O–H groups in total. The van der Waals surface area contributed by atoms with Gasteiger partial charge in [-0.3, -0.25) is 9.59 Å². The molecule has 0 saturated carbocycles. The summed E-state index contributed by atoms with van der Waals surface area (Å²) < 4.78 is 11.0. The fourth-order valence-corrected chi connectivity index (χ4v) is 4.95. The molecule has 1 heterocycles. The smallest absolute Gasteiger partial charge is 0.416 e. The Morgan fingerprint density at radius 1 is 0.923 bits per heavy atom. The average Bonchev–Trinajstić information content (AvgIpc) is 3.28. The Balaban J connectivity index is 1.45. The van der Waals surface area contributed by atoms with Crippen molar-refractivity contribution in [2.24, 2.45) is 5.92 Å². The lowest BCUT2D eigenvalue weighted by Gasteiger charge is -2.25. The van der Waals surface area contributed by atoms with Crippen molar-refractivity contribution in [1.29, 1.82) is 0 Å². The molecule has 0 aromatic heterocycles. The molecule has 0 aliphatic carbocycles. The van der Waals surface area contributed by atoms with Gasteiger partial charge in [0.2, 0.25) is 5.91 Å². The lowest BCUT2D eigenvalue weighted by molar-refractivity contribution is -0.160. The fraction of sp³-hybridized carbons (Fsp3) is 0.364. The van der Waals surface area contributed by atoms with E-state index >= 15 is 0 Å². The molecule has 3 aromatic rings. The number of cyclic esters (lactones) is 1. The third-order valence-corrected chi connectivity index (χ3v) is 6.85. The normalized spacial score (nSPS) is 16.0. The van der Waals surface area contributed by atoms with E-state index in [4.69, 9.17) is 9.47 Å². The minimum Gasteiger partial charge on any atom is -0.460 e. The van der Waals surface area contributed by atoms with E-state index in [9.17, 15) is 14.4 Å². The third-order valence-electron chi connectivity index (χ3n) is 6.85. The molecule has 1 fully saturated rings. The van der Waals surface area contributed by atoms with Crippen LogP contribution in [0, 0.1) is 5.92 Å². The van der Waals surface area contributed by atoms with Crippen LogP contribution in [0.2, 0.25) is 0 Å². The molecule has 0 spiro atoms. The maximum absolute atomic E-state index is 13.3. The minimum absolute atomic E-state index is 0.0602. The van der Waals surface area contributed by atoms with Gasteiger partial charge in [0.15, 0.2) is 0 Å². The summed E-state index contributed by atoms with van der Waals surface area (Å²) in [7, 11) is 0. The lowest BCUT2D eigenvalue weighted by Crippen LogP contribution is -2.40. The second kappa shape index (κ2) is 12.7. The number of benzene rings is 3. The number of esters is 1. The Labute approximate surface area is 230 Å². The van der Waals surface area contributed by atoms with E-state index in [1.807, 2.05) is 81.4 Å². The van der Waals surface area contributed by atoms with E-state index in [0.717, 1.165) is 22.3 Å². The fourth-order valence-electron chi connectivity index (χ4n) is 4.95.